The molecule has 2 rings (SSSR count). The summed E-state index contributed by atoms with van der Waals surface area (Å²) in [4.78, 5) is 1.00. The average Bonchev–Trinajstić information content (AvgIpc) is 2.86. The molecule has 0 radical (unpaired) electrons. The topological polar surface area (TPSA) is 46.2 Å². The summed E-state index contributed by atoms with van der Waals surface area (Å²) in [5, 5.41) is 5.85. The van der Waals surface area contributed by atoms with Crippen LogP contribution >= 0.6 is 22.7 Å². The summed E-state index contributed by atoms with van der Waals surface area (Å²) in [6.07, 6.45) is 1.18. The highest BCUT2D eigenvalue weighted by atomic mass is 32.2. The summed E-state index contributed by atoms with van der Waals surface area (Å²) in [5.41, 5.74) is 0.984. The van der Waals surface area contributed by atoms with E-state index in [4.69, 9.17) is 0 Å². The minimum atomic E-state index is -3.21. The molecule has 1 N–H and O–H groups in total. The van der Waals surface area contributed by atoms with Crippen molar-refractivity contribution in [1.29, 1.82) is 0 Å². The molecular weight excluding hydrogens is 262 g/mol. The summed E-state index contributed by atoms with van der Waals surface area (Å²) in [6, 6.07) is 5.53. The number of thiophene rings is 2. The first-order valence-corrected chi connectivity index (χ1v) is 8.30. The minimum Gasteiger partial charge on any atom is -0.213 e. The van der Waals surface area contributed by atoms with E-state index in [1.807, 2.05) is 34.3 Å². The second-order valence-electron chi connectivity index (χ2n) is 3.40. The maximum atomic E-state index is 11.3. The molecule has 0 aliphatic carbocycles. The third kappa shape index (κ3) is 2.91. The summed E-state index contributed by atoms with van der Waals surface area (Å²) >= 11 is 3.11. The molecule has 2 heterocycles. The molecule has 0 bridgehead atoms. The van der Waals surface area contributed by atoms with Crippen molar-refractivity contribution in [3.63, 3.8) is 0 Å². The van der Waals surface area contributed by atoms with Crippen molar-refractivity contribution in [2.75, 3.05) is 6.26 Å². The Balaban J connectivity index is 2.35. The van der Waals surface area contributed by atoms with Gasteiger partial charge in [0.25, 0.3) is 0 Å². The minimum absolute atomic E-state index is 0.263. The van der Waals surface area contributed by atoms with E-state index in [9.17, 15) is 8.42 Å². The quantitative estimate of drug-likeness (QED) is 0.930. The molecule has 0 spiro atoms. The zero-order valence-corrected chi connectivity index (χ0v) is 11.0. The van der Waals surface area contributed by atoms with Crippen LogP contribution in [0.2, 0.25) is 0 Å². The van der Waals surface area contributed by atoms with E-state index < -0.39 is 10.0 Å². The van der Waals surface area contributed by atoms with Gasteiger partial charge in [0, 0.05) is 4.88 Å². The normalized spacial score (nSPS) is 13.8. The van der Waals surface area contributed by atoms with Crippen molar-refractivity contribution in [2.24, 2.45) is 0 Å². The Kier molecular flexibility index (Phi) is 3.44. The van der Waals surface area contributed by atoms with Crippen molar-refractivity contribution in [2.45, 2.75) is 6.04 Å². The molecule has 0 saturated heterocycles. The first-order chi connectivity index (χ1) is 7.56. The lowest BCUT2D eigenvalue weighted by atomic mass is 10.1. The second-order valence-corrected chi connectivity index (χ2v) is 6.93. The second kappa shape index (κ2) is 4.67. The summed E-state index contributed by atoms with van der Waals surface area (Å²) < 4.78 is 25.3. The fourth-order valence-corrected chi connectivity index (χ4v) is 3.65. The maximum absolute atomic E-state index is 11.3. The standard InChI is InChI=1S/C10H11NO2S3/c1-16(12,13)11-10(8-4-6-14-7-8)9-3-2-5-15-9/h2-7,10-11H,1H3/t10-/m0/s1. The van der Waals surface area contributed by atoms with E-state index in [0.29, 0.717) is 0 Å². The van der Waals surface area contributed by atoms with Crippen LogP contribution in [0.25, 0.3) is 0 Å². The number of hydrogen-bond acceptors (Lipinski definition) is 4. The monoisotopic (exact) mass is 273 g/mol. The Labute approximate surface area is 103 Å². The number of hydrogen-bond donors (Lipinski definition) is 1. The van der Waals surface area contributed by atoms with Gasteiger partial charge in [0.05, 0.1) is 12.3 Å². The van der Waals surface area contributed by atoms with Crippen LogP contribution < -0.4 is 4.72 Å². The van der Waals surface area contributed by atoms with E-state index in [1.165, 1.54) is 6.26 Å². The van der Waals surface area contributed by atoms with Crippen molar-refractivity contribution in [1.82, 2.24) is 4.72 Å². The van der Waals surface area contributed by atoms with Crippen molar-refractivity contribution >= 4 is 32.7 Å². The molecule has 3 nitrogen and oxygen atoms in total. The van der Waals surface area contributed by atoms with E-state index in [1.54, 1.807) is 22.7 Å². The smallest absolute Gasteiger partial charge is 0.209 e. The van der Waals surface area contributed by atoms with Crippen LogP contribution in [0.15, 0.2) is 34.3 Å². The van der Waals surface area contributed by atoms with Gasteiger partial charge in [-0.05, 0) is 33.8 Å². The summed E-state index contributed by atoms with van der Waals surface area (Å²) in [6.45, 7) is 0. The number of rotatable bonds is 4. The molecule has 6 heteroatoms. The van der Waals surface area contributed by atoms with Gasteiger partial charge in [0.2, 0.25) is 10.0 Å². The van der Waals surface area contributed by atoms with Crippen molar-refractivity contribution in [3.05, 3.63) is 44.8 Å². The highest BCUT2D eigenvalue weighted by Crippen LogP contribution is 2.27. The van der Waals surface area contributed by atoms with Crippen LogP contribution in [0.5, 0.6) is 0 Å². The van der Waals surface area contributed by atoms with Gasteiger partial charge in [-0.2, -0.15) is 11.3 Å². The van der Waals surface area contributed by atoms with Crippen molar-refractivity contribution < 1.29 is 8.42 Å². The third-order valence-corrected chi connectivity index (χ3v) is 4.34. The van der Waals surface area contributed by atoms with E-state index in [-0.39, 0.29) is 6.04 Å². The van der Waals surface area contributed by atoms with Crippen LogP contribution in [0.4, 0.5) is 0 Å². The zero-order chi connectivity index (χ0) is 11.6. The van der Waals surface area contributed by atoms with Gasteiger partial charge in [0.1, 0.15) is 0 Å². The SMILES string of the molecule is CS(=O)(=O)N[C@@H](c1ccsc1)c1cccs1. The van der Waals surface area contributed by atoms with Crippen molar-refractivity contribution in [3.8, 4) is 0 Å². The summed E-state index contributed by atoms with van der Waals surface area (Å²) in [5.74, 6) is 0. The molecule has 0 unspecified atom stereocenters. The number of sulfonamides is 1. The number of nitrogens with one attached hydrogen (secondary N) is 1. The highest BCUT2D eigenvalue weighted by molar-refractivity contribution is 7.88. The lowest BCUT2D eigenvalue weighted by Crippen LogP contribution is -2.27. The van der Waals surface area contributed by atoms with Gasteiger partial charge >= 0.3 is 0 Å². The van der Waals surface area contributed by atoms with Crippen LogP contribution in [-0.4, -0.2) is 14.7 Å². The Bertz CT molecular complexity index is 494. The van der Waals surface area contributed by atoms with Gasteiger partial charge in [-0.25, -0.2) is 13.1 Å². The average molecular weight is 273 g/mol. The molecule has 0 saturated carbocycles. The molecular formula is C10H11NO2S3. The van der Waals surface area contributed by atoms with Gasteiger partial charge in [-0.1, -0.05) is 6.07 Å². The largest absolute Gasteiger partial charge is 0.213 e. The Morgan fingerprint density at radius 2 is 2.12 bits per heavy atom. The summed E-state index contributed by atoms with van der Waals surface area (Å²) in [7, 11) is -3.21. The molecule has 16 heavy (non-hydrogen) atoms. The lowest BCUT2D eigenvalue weighted by molar-refractivity contribution is 0.580. The van der Waals surface area contributed by atoms with Gasteiger partial charge < -0.3 is 0 Å². The van der Waals surface area contributed by atoms with Crippen LogP contribution in [0.3, 0.4) is 0 Å². The van der Waals surface area contributed by atoms with Gasteiger partial charge in [0.15, 0.2) is 0 Å². The lowest BCUT2D eigenvalue weighted by Gasteiger charge is -2.14. The fourth-order valence-electron chi connectivity index (χ4n) is 1.40. The predicted molar refractivity (Wildman–Crippen MR) is 68.5 cm³/mol. The molecule has 0 amide bonds. The van der Waals surface area contributed by atoms with Crippen LogP contribution in [0.1, 0.15) is 16.5 Å². The maximum Gasteiger partial charge on any atom is 0.209 e. The Hall–Kier alpha value is -0.690. The highest BCUT2D eigenvalue weighted by Gasteiger charge is 2.19. The molecule has 1 atom stereocenters. The fraction of sp³-hybridized carbons (Fsp3) is 0.200. The van der Waals surface area contributed by atoms with Gasteiger partial charge in [-0.3, -0.25) is 0 Å². The van der Waals surface area contributed by atoms with Gasteiger partial charge in [-0.15, -0.1) is 11.3 Å². The van der Waals surface area contributed by atoms with Crippen LogP contribution in [-0.2, 0) is 10.0 Å². The zero-order valence-electron chi connectivity index (χ0n) is 8.58. The molecule has 2 aromatic heterocycles. The molecule has 0 fully saturated rings. The van der Waals surface area contributed by atoms with E-state index in [2.05, 4.69) is 4.72 Å². The first kappa shape index (κ1) is 11.8. The molecule has 0 aliphatic rings. The van der Waals surface area contributed by atoms with Crippen LogP contribution in [0, 0.1) is 0 Å². The molecule has 0 aliphatic heterocycles. The third-order valence-electron chi connectivity index (χ3n) is 2.04. The first-order valence-electron chi connectivity index (χ1n) is 4.59. The molecule has 86 valence electrons. The molecule has 0 aromatic carbocycles. The Morgan fingerprint density at radius 1 is 1.31 bits per heavy atom. The molecule has 2 aromatic rings. The van der Waals surface area contributed by atoms with E-state index in [0.717, 1.165) is 10.4 Å². The Morgan fingerprint density at radius 3 is 2.62 bits per heavy atom. The van der Waals surface area contributed by atoms with E-state index >= 15 is 0 Å². The predicted octanol–water partition coefficient (Wildman–Crippen LogP) is 2.45.